The summed E-state index contributed by atoms with van der Waals surface area (Å²) in [5, 5.41) is 17.7. The molecule has 33 heavy (non-hydrogen) atoms. The molecule has 4 rings (SSSR count). The monoisotopic (exact) mass is 447 g/mol. The van der Waals surface area contributed by atoms with Gasteiger partial charge in [-0.1, -0.05) is 42.5 Å². The molecule has 1 aliphatic rings. The summed E-state index contributed by atoms with van der Waals surface area (Å²) in [6.07, 6.45) is 3.26. The molecule has 0 unspecified atom stereocenters. The lowest BCUT2D eigenvalue weighted by molar-refractivity contribution is -0.144. The quantitative estimate of drug-likeness (QED) is 0.263. The van der Waals surface area contributed by atoms with E-state index in [0.717, 1.165) is 52.7 Å². The number of nitrogens with one attached hydrogen (secondary N) is 2. The Hall–Kier alpha value is -3.42. The molecule has 1 heterocycles. The lowest BCUT2D eigenvalue weighted by Gasteiger charge is -2.18. The van der Waals surface area contributed by atoms with Gasteiger partial charge in [-0.3, -0.25) is 10.0 Å². The van der Waals surface area contributed by atoms with Crippen LogP contribution in [-0.2, 0) is 16.0 Å². The van der Waals surface area contributed by atoms with Crippen LogP contribution in [0.5, 0.6) is 5.75 Å². The zero-order valence-electron chi connectivity index (χ0n) is 18.7. The number of carbonyl (C=O) groups is 1. The van der Waals surface area contributed by atoms with Crippen molar-refractivity contribution in [2.45, 2.75) is 31.8 Å². The zero-order valence-corrected chi connectivity index (χ0v) is 18.7. The summed E-state index contributed by atoms with van der Waals surface area (Å²) in [6, 6.07) is 19.9. The maximum atomic E-state index is 12.8. The molecule has 0 amide bonds. The number of rotatable bonds is 9. The fraction of sp³-hybridized carbons (Fsp3) is 0.308. The van der Waals surface area contributed by atoms with Gasteiger partial charge in [-0.15, -0.1) is 0 Å². The minimum Gasteiger partial charge on any atom is -0.489 e. The van der Waals surface area contributed by atoms with Crippen LogP contribution in [0.4, 0.5) is 0 Å². The molecule has 3 aromatic carbocycles. The van der Waals surface area contributed by atoms with E-state index in [1.165, 1.54) is 0 Å². The molecule has 7 nitrogen and oxygen atoms in total. The van der Waals surface area contributed by atoms with Crippen molar-refractivity contribution in [3.8, 4) is 5.75 Å². The second-order valence-electron chi connectivity index (χ2n) is 8.11. The van der Waals surface area contributed by atoms with Gasteiger partial charge < -0.3 is 14.8 Å². The highest BCUT2D eigenvalue weighted by molar-refractivity contribution is 5.91. The van der Waals surface area contributed by atoms with Crippen molar-refractivity contribution in [1.29, 1.82) is 0 Å². The Labute approximate surface area is 193 Å². The molecule has 2 atom stereocenters. The predicted octanol–water partition coefficient (Wildman–Crippen LogP) is 3.78. The Morgan fingerprint density at radius 1 is 1.18 bits per heavy atom. The number of benzene rings is 3. The van der Waals surface area contributed by atoms with Crippen molar-refractivity contribution >= 4 is 23.0 Å². The summed E-state index contributed by atoms with van der Waals surface area (Å²) >= 11 is 0. The van der Waals surface area contributed by atoms with Gasteiger partial charge in [0, 0.05) is 6.54 Å². The van der Waals surface area contributed by atoms with Gasteiger partial charge in [0.15, 0.2) is 0 Å². The van der Waals surface area contributed by atoms with Crippen LogP contribution in [0.1, 0.15) is 36.0 Å². The number of nitrogens with zero attached hydrogens (tertiary/aromatic N) is 1. The van der Waals surface area contributed by atoms with E-state index in [4.69, 9.17) is 14.7 Å². The van der Waals surface area contributed by atoms with Crippen LogP contribution in [-0.4, -0.2) is 43.2 Å². The minimum absolute atomic E-state index is 0.192. The lowest BCUT2D eigenvalue weighted by Crippen LogP contribution is -2.20. The van der Waals surface area contributed by atoms with Crippen molar-refractivity contribution < 1.29 is 19.5 Å². The summed E-state index contributed by atoms with van der Waals surface area (Å²) < 4.78 is 11.4. The van der Waals surface area contributed by atoms with Gasteiger partial charge in [-0.05, 0) is 72.0 Å². The summed E-state index contributed by atoms with van der Waals surface area (Å²) in [6.45, 7) is 4.00. The van der Waals surface area contributed by atoms with E-state index in [-0.39, 0.29) is 12.1 Å². The van der Waals surface area contributed by atoms with Crippen LogP contribution in [0, 0.1) is 0 Å². The predicted molar refractivity (Wildman–Crippen MR) is 128 cm³/mol. The number of hydrazone groups is 1. The van der Waals surface area contributed by atoms with Gasteiger partial charge in [0.05, 0.1) is 18.7 Å². The second-order valence-corrected chi connectivity index (χ2v) is 8.11. The number of ether oxygens (including phenoxy) is 2. The Kier molecular flexibility index (Phi) is 7.55. The van der Waals surface area contributed by atoms with E-state index >= 15 is 0 Å². The molecule has 0 radical (unpaired) electrons. The molecular formula is C26H29N3O4. The molecule has 0 bridgehead atoms. The van der Waals surface area contributed by atoms with Gasteiger partial charge in [-0.2, -0.15) is 10.7 Å². The van der Waals surface area contributed by atoms with Gasteiger partial charge in [0.2, 0.25) is 0 Å². The molecule has 1 saturated heterocycles. The largest absolute Gasteiger partial charge is 0.489 e. The van der Waals surface area contributed by atoms with E-state index < -0.39 is 5.92 Å². The Morgan fingerprint density at radius 3 is 2.73 bits per heavy atom. The van der Waals surface area contributed by atoms with Crippen LogP contribution in [0.3, 0.4) is 0 Å². The van der Waals surface area contributed by atoms with Crippen molar-refractivity contribution in [3.63, 3.8) is 0 Å². The maximum Gasteiger partial charge on any atom is 0.313 e. The van der Waals surface area contributed by atoms with E-state index in [9.17, 15) is 4.79 Å². The molecule has 1 aliphatic heterocycles. The highest BCUT2D eigenvalue weighted by atomic mass is 16.5. The van der Waals surface area contributed by atoms with Gasteiger partial charge in [0.1, 0.15) is 11.9 Å². The van der Waals surface area contributed by atoms with E-state index in [1.807, 2.05) is 61.5 Å². The third kappa shape index (κ3) is 5.88. The van der Waals surface area contributed by atoms with Crippen molar-refractivity contribution in [2.75, 3.05) is 19.7 Å². The number of fused-ring (bicyclic) bond motifs is 1. The molecule has 172 valence electrons. The minimum atomic E-state index is -0.409. The first-order chi connectivity index (χ1) is 16.2. The van der Waals surface area contributed by atoms with Gasteiger partial charge in [0.25, 0.3) is 0 Å². The first-order valence-electron chi connectivity index (χ1n) is 11.2. The summed E-state index contributed by atoms with van der Waals surface area (Å²) in [4.78, 5) is 12.8. The average molecular weight is 448 g/mol. The number of hydrogen-bond acceptors (Lipinski definition) is 7. The smallest absolute Gasteiger partial charge is 0.313 e. The highest BCUT2D eigenvalue weighted by Gasteiger charge is 2.23. The molecule has 3 aromatic rings. The fourth-order valence-electron chi connectivity index (χ4n) is 4.14. The summed E-state index contributed by atoms with van der Waals surface area (Å²) in [5.41, 5.74) is 4.57. The molecule has 0 aromatic heterocycles. The lowest BCUT2D eigenvalue weighted by atomic mass is 9.91. The third-order valence-corrected chi connectivity index (χ3v) is 5.81. The first-order valence-corrected chi connectivity index (χ1v) is 11.2. The highest BCUT2D eigenvalue weighted by Crippen LogP contribution is 2.27. The topological polar surface area (TPSA) is 92.2 Å². The third-order valence-electron chi connectivity index (χ3n) is 5.81. The van der Waals surface area contributed by atoms with Crippen LogP contribution in [0.2, 0.25) is 0 Å². The van der Waals surface area contributed by atoms with Crippen molar-refractivity contribution in [1.82, 2.24) is 10.9 Å². The Morgan fingerprint density at radius 2 is 2.00 bits per heavy atom. The Bertz CT molecular complexity index is 1110. The molecule has 0 spiro atoms. The molecule has 1 fully saturated rings. The molecular weight excluding hydrogens is 418 g/mol. The average Bonchev–Trinajstić information content (AvgIpc) is 3.35. The molecule has 0 aliphatic carbocycles. The molecule has 3 N–H and O–H groups in total. The Balaban J connectivity index is 1.56. The van der Waals surface area contributed by atoms with Crippen LogP contribution in [0.15, 0.2) is 65.8 Å². The molecule has 0 saturated carbocycles. The van der Waals surface area contributed by atoms with Crippen LogP contribution >= 0.6 is 0 Å². The molecule has 7 heteroatoms. The number of hydrogen-bond donors (Lipinski definition) is 3. The zero-order chi connectivity index (χ0) is 23.0. The first kappa shape index (κ1) is 22.8. The maximum absolute atomic E-state index is 12.8. The summed E-state index contributed by atoms with van der Waals surface area (Å²) in [5.74, 6) is 0.168. The SMILES string of the molecule is CCOC(=O)[C@@H](Cc1ccc2ccc(C=NNO)cc2c1)c1ccc(O[C@H]2CCNC2)cc1. The van der Waals surface area contributed by atoms with Gasteiger partial charge >= 0.3 is 5.97 Å². The van der Waals surface area contributed by atoms with Gasteiger partial charge in [-0.25, -0.2) is 0 Å². The number of carbonyl (C=O) groups excluding carboxylic acids is 1. The standard InChI is InChI=1S/C26H29N3O4/c1-2-32-26(30)25(21-7-9-23(10-8-21)33-24-11-12-27-17-24)15-18-3-5-20-6-4-19(16-28-29-31)14-22(20)13-18/h3-10,13-14,16,24-25,27,29,31H,2,11-12,15,17H2,1H3/t24-,25-/m0/s1. The fourth-order valence-corrected chi connectivity index (χ4v) is 4.14. The summed E-state index contributed by atoms with van der Waals surface area (Å²) in [7, 11) is 0. The van der Waals surface area contributed by atoms with Crippen LogP contribution in [0.25, 0.3) is 10.8 Å². The van der Waals surface area contributed by atoms with Crippen molar-refractivity contribution in [3.05, 3.63) is 77.4 Å². The van der Waals surface area contributed by atoms with Crippen LogP contribution < -0.4 is 15.6 Å². The van der Waals surface area contributed by atoms with E-state index in [2.05, 4.69) is 16.5 Å². The van der Waals surface area contributed by atoms with E-state index in [1.54, 1.807) is 11.8 Å². The van der Waals surface area contributed by atoms with E-state index in [0.29, 0.717) is 13.0 Å². The normalized spacial score (nSPS) is 16.7. The number of esters is 1. The second kappa shape index (κ2) is 10.9. The van der Waals surface area contributed by atoms with Crippen molar-refractivity contribution in [2.24, 2.45) is 5.10 Å².